The topological polar surface area (TPSA) is 26.3 Å². The lowest BCUT2D eigenvalue weighted by Gasteiger charge is -2.35. The summed E-state index contributed by atoms with van der Waals surface area (Å²) in [6.07, 6.45) is 0.302. The molecule has 2 nitrogen and oxygen atoms in total. The number of hydrogen-bond donors (Lipinski definition) is 0. The average Bonchev–Trinajstić information content (AvgIpc) is 2.02. The van der Waals surface area contributed by atoms with Crippen LogP contribution < -0.4 is 0 Å². The van der Waals surface area contributed by atoms with Crippen LogP contribution in [0.25, 0.3) is 0 Å². The molecule has 0 aromatic heterocycles. The SMILES string of the molecule is CC1CSCC(C)(OC(=O)CCCl)S1. The second-order valence-electron chi connectivity index (χ2n) is 3.49. The van der Waals surface area contributed by atoms with Gasteiger partial charge < -0.3 is 4.74 Å². The van der Waals surface area contributed by atoms with Crippen LogP contribution in [-0.2, 0) is 9.53 Å². The number of carbonyl (C=O) groups excluding carboxylic acids is 1. The monoisotopic (exact) mass is 254 g/mol. The Morgan fingerprint density at radius 2 is 2.43 bits per heavy atom. The van der Waals surface area contributed by atoms with Crippen LogP contribution in [0.3, 0.4) is 0 Å². The minimum Gasteiger partial charge on any atom is -0.447 e. The normalized spacial score (nSPS) is 32.6. The zero-order chi connectivity index (χ0) is 10.6. The van der Waals surface area contributed by atoms with Gasteiger partial charge in [0, 0.05) is 22.6 Å². The fraction of sp³-hybridized carbons (Fsp3) is 0.889. The molecular formula is C9H15ClO2S2. The van der Waals surface area contributed by atoms with Crippen molar-refractivity contribution in [1.29, 1.82) is 0 Å². The smallest absolute Gasteiger partial charge is 0.308 e. The standard InChI is InChI=1S/C9H15ClO2S2/c1-7-5-13-6-9(2,14-7)12-8(11)3-4-10/h7H,3-6H2,1-2H3. The number of alkyl halides is 1. The van der Waals surface area contributed by atoms with Gasteiger partial charge in [-0.25, -0.2) is 0 Å². The maximum atomic E-state index is 11.3. The van der Waals surface area contributed by atoms with Gasteiger partial charge in [0.25, 0.3) is 0 Å². The molecular weight excluding hydrogens is 240 g/mol. The molecule has 0 saturated carbocycles. The molecule has 0 radical (unpaired) electrons. The number of carbonyl (C=O) groups is 1. The quantitative estimate of drug-likeness (QED) is 0.572. The van der Waals surface area contributed by atoms with E-state index in [1.165, 1.54) is 0 Å². The van der Waals surface area contributed by atoms with E-state index in [2.05, 4.69) is 6.92 Å². The minimum absolute atomic E-state index is 0.190. The number of halogens is 1. The van der Waals surface area contributed by atoms with E-state index in [1.54, 1.807) is 11.8 Å². The molecule has 2 unspecified atom stereocenters. The van der Waals surface area contributed by atoms with Crippen LogP contribution in [0.1, 0.15) is 20.3 Å². The molecule has 1 fully saturated rings. The minimum atomic E-state index is -0.356. The molecule has 0 amide bonds. The summed E-state index contributed by atoms with van der Waals surface area (Å²) < 4.78 is 5.41. The first kappa shape index (κ1) is 12.5. The van der Waals surface area contributed by atoms with Crippen LogP contribution >= 0.6 is 35.1 Å². The van der Waals surface area contributed by atoms with E-state index in [4.69, 9.17) is 16.3 Å². The van der Waals surface area contributed by atoms with Crippen molar-refractivity contribution >= 4 is 41.1 Å². The zero-order valence-electron chi connectivity index (χ0n) is 8.42. The lowest BCUT2D eigenvalue weighted by atomic mass is 10.4. The lowest BCUT2D eigenvalue weighted by molar-refractivity contribution is -0.148. The first-order valence-corrected chi connectivity index (χ1v) is 7.16. The highest BCUT2D eigenvalue weighted by Gasteiger charge is 2.34. The molecule has 5 heteroatoms. The summed E-state index contributed by atoms with van der Waals surface area (Å²) in [7, 11) is 0. The van der Waals surface area contributed by atoms with Crippen LogP contribution in [0.5, 0.6) is 0 Å². The maximum absolute atomic E-state index is 11.3. The molecule has 1 saturated heterocycles. The highest BCUT2D eigenvalue weighted by Crippen LogP contribution is 2.39. The molecule has 1 heterocycles. The van der Waals surface area contributed by atoms with Crippen molar-refractivity contribution in [2.24, 2.45) is 0 Å². The molecule has 2 atom stereocenters. The predicted octanol–water partition coefficient (Wildman–Crippen LogP) is 2.74. The molecule has 0 N–H and O–H groups in total. The summed E-state index contributed by atoms with van der Waals surface area (Å²) in [4.78, 5) is 10.9. The van der Waals surface area contributed by atoms with Crippen molar-refractivity contribution in [3.8, 4) is 0 Å². The fourth-order valence-electron chi connectivity index (χ4n) is 1.33. The first-order chi connectivity index (χ1) is 6.56. The van der Waals surface area contributed by atoms with Crippen molar-refractivity contribution < 1.29 is 9.53 Å². The van der Waals surface area contributed by atoms with Gasteiger partial charge in [-0.1, -0.05) is 6.92 Å². The van der Waals surface area contributed by atoms with E-state index in [1.807, 2.05) is 18.7 Å². The van der Waals surface area contributed by atoms with Crippen molar-refractivity contribution in [3.63, 3.8) is 0 Å². The molecule has 1 aliphatic heterocycles. The highest BCUT2D eigenvalue weighted by atomic mass is 35.5. The van der Waals surface area contributed by atoms with Crippen molar-refractivity contribution in [3.05, 3.63) is 0 Å². The molecule has 0 aromatic carbocycles. The van der Waals surface area contributed by atoms with E-state index in [-0.39, 0.29) is 10.9 Å². The Kier molecular flexibility index (Phi) is 4.94. The highest BCUT2D eigenvalue weighted by molar-refractivity contribution is 8.07. The van der Waals surface area contributed by atoms with Crippen LogP contribution in [0.4, 0.5) is 0 Å². The van der Waals surface area contributed by atoms with E-state index in [0.717, 1.165) is 11.5 Å². The molecule has 0 bridgehead atoms. The molecule has 0 aliphatic carbocycles. The van der Waals surface area contributed by atoms with E-state index in [9.17, 15) is 4.79 Å². The Bertz CT molecular complexity index is 213. The zero-order valence-corrected chi connectivity index (χ0v) is 10.8. The van der Waals surface area contributed by atoms with E-state index >= 15 is 0 Å². The molecule has 1 rings (SSSR count). The Hall–Kier alpha value is 0.460. The van der Waals surface area contributed by atoms with Gasteiger partial charge in [0.1, 0.15) is 0 Å². The number of hydrogen-bond acceptors (Lipinski definition) is 4. The van der Waals surface area contributed by atoms with Gasteiger partial charge in [0.2, 0.25) is 0 Å². The van der Waals surface area contributed by atoms with Gasteiger partial charge in [-0.15, -0.1) is 23.4 Å². The third-order valence-corrected chi connectivity index (χ3v) is 5.16. The van der Waals surface area contributed by atoms with E-state index < -0.39 is 0 Å². The first-order valence-electron chi connectivity index (χ1n) is 4.59. The number of thioether (sulfide) groups is 2. The van der Waals surface area contributed by atoms with Crippen molar-refractivity contribution in [1.82, 2.24) is 0 Å². The maximum Gasteiger partial charge on any atom is 0.308 e. The van der Waals surface area contributed by atoms with Gasteiger partial charge >= 0.3 is 5.97 Å². The van der Waals surface area contributed by atoms with Gasteiger partial charge in [-0.2, -0.15) is 11.8 Å². The average molecular weight is 255 g/mol. The summed E-state index contributed by atoms with van der Waals surface area (Å²) >= 11 is 9.05. The molecule has 82 valence electrons. The third kappa shape index (κ3) is 3.91. The van der Waals surface area contributed by atoms with Gasteiger partial charge in [-0.05, 0) is 6.92 Å². The second-order valence-corrected chi connectivity index (χ2v) is 6.80. The van der Waals surface area contributed by atoms with Crippen LogP contribution in [0, 0.1) is 0 Å². The summed E-state index contributed by atoms with van der Waals surface area (Å²) in [5, 5.41) is 0.544. The third-order valence-electron chi connectivity index (χ3n) is 1.80. The van der Waals surface area contributed by atoms with Crippen molar-refractivity contribution in [2.45, 2.75) is 30.5 Å². The number of esters is 1. The number of rotatable bonds is 3. The van der Waals surface area contributed by atoms with Crippen LogP contribution in [-0.4, -0.2) is 33.5 Å². The lowest BCUT2D eigenvalue weighted by Crippen LogP contribution is -2.36. The molecule has 0 spiro atoms. The summed E-state index contributed by atoms with van der Waals surface area (Å²) in [6, 6.07) is 0. The fourth-order valence-corrected chi connectivity index (χ4v) is 4.44. The second kappa shape index (κ2) is 5.52. The Balaban J connectivity index is 2.43. The Morgan fingerprint density at radius 1 is 1.71 bits per heavy atom. The van der Waals surface area contributed by atoms with Crippen molar-refractivity contribution in [2.75, 3.05) is 17.4 Å². The molecule has 14 heavy (non-hydrogen) atoms. The van der Waals surface area contributed by atoms with Gasteiger partial charge in [0.15, 0.2) is 4.93 Å². The predicted molar refractivity (Wildman–Crippen MR) is 64.2 cm³/mol. The summed E-state index contributed by atoms with van der Waals surface area (Å²) in [5.41, 5.74) is 0. The summed E-state index contributed by atoms with van der Waals surface area (Å²) in [6.45, 7) is 4.14. The molecule has 1 aliphatic rings. The summed E-state index contributed by atoms with van der Waals surface area (Å²) in [5.74, 6) is 2.15. The molecule has 0 aromatic rings. The Labute approximate surface area is 98.5 Å². The number of ether oxygens (including phenoxy) is 1. The van der Waals surface area contributed by atoms with Gasteiger partial charge in [0.05, 0.1) is 6.42 Å². The van der Waals surface area contributed by atoms with Crippen LogP contribution in [0.15, 0.2) is 0 Å². The van der Waals surface area contributed by atoms with Gasteiger partial charge in [-0.3, -0.25) is 4.79 Å². The van der Waals surface area contributed by atoms with Crippen LogP contribution in [0.2, 0.25) is 0 Å². The largest absolute Gasteiger partial charge is 0.447 e. The Morgan fingerprint density at radius 3 is 3.00 bits per heavy atom. The van der Waals surface area contributed by atoms with E-state index in [0.29, 0.717) is 17.6 Å².